The van der Waals surface area contributed by atoms with Crippen LogP contribution < -0.4 is 5.32 Å². The van der Waals surface area contributed by atoms with Crippen molar-refractivity contribution >= 4 is 11.9 Å². The Morgan fingerprint density at radius 1 is 0.414 bits per heavy atom. The van der Waals surface area contributed by atoms with Crippen molar-refractivity contribution in [3.63, 3.8) is 0 Å². The first-order chi connectivity index (χ1) is 34.5. The third-order valence-corrected chi connectivity index (χ3v) is 14.5. The quantitative estimate of drug-likeness (QED) is 0.0321. The van der Waals surface area contributed by atoms with E-state index in [2.05, 4.69) is 62.5 Å². The Bertz CT molecular complexity index is 1150. The van der Waals surface area contributed by atoms with Crippen LogP contribution in [0.25, 0.3) is 0 Å². The Morgan fingerprint density at radius 2 is 0.729 bits per heavy atom. The molecule has 6 heteroatoms. The smallest absolute Gasteiger partial charge is 0.306 e. The summed E-state index contributed by atoms with van der Waals surface area (Å²) in [6.45, 7) is 6.50. The van der Waals surface area contributed by atoms with Gasteiger partial charge in [-0.15, -0.1) is 0 Å². The van der Waals surface area contributed by atoms with Gasteiger partial charge in [0.15, 0.2) is 0 Å². The van der Waals surface area contributed by atoms with Gasteiger partial charge in [-0.2, -0.15) is 0 Å². The average molecular weight is 985 g/mol. The van der Waals surface area contributed by atoms with Gasteiger partial charge in [0.2, 0.25) is 5.91 Å². The summed E-state index contributed by atoms with van der Waals surface area (Å²) in [5, 5.41) is 24.0. The molecule has 0 aliphatic rings. The Morgan fingerprint density at radius 3 is 1.13 bits per heavy atom. The number of amides is 1. The maximum absolute atomic E-state index is 13.3. The van der Waals surface area contributed by atoms with Crippen LogP contribution in [0.4, 0.5) is 0 Å². The molecule has 0 fully saturated rings. The molecule has 0 bridgehead atoms. The number of unbranched alkanes of at least 4 members (excludes halogenated alkanes) is 39. The maximum Gasteiger partial charge on any atom is 0.306 e. The molecular weight excluding hydrogens is 863 g/mol. The van der Waals surface area contributed by atoms with Gasteiger partial charge in [-0.3, -0.25) is 9.59 Å². The Balaban J connectivity index is 4.55. The molecular formula is C64H121NO5. The van der Waals surface area contributed by atoms with Crippen molar-refractivity contribution in [1.29, 1.82) is 0 Å². The molecule has 0 radical (unpaired) electrons. The van der Waals surface area contributed by atoms with Gasteiger partial charge in [-0.25, -0.2) is 0 Å². The molecule has 3 unspecified atom stereocenters. The van der Waals surface area contributed by atoms with Gasteiger partial charge in [0.1, 0.15) is 6.10 Å². The molecule has 0 aromatic heterocycles. The zero-order valence-corrected chi connectivity index (χ0v) is 47.2. The van der Waals surface area contributed by atoms with E-state index in [4.69, 9.17) is 4.74 Å². The molecule has 0 aliphatic heterocycles. The van der Waals surface area contributed by atoms with Gasteiger partial charge >= 0.3 is 5.97 Å². The number of aliphatic hydroxyl groups is 2. The van der Waals surface area contributed by atoms with Gasteiger partial charge in [0, 0.05) is 6.42 Å². The summed E-state index contributed by atoms with van der Waals surface area (Å²) in [5.74, 6) is -0.475. The molecule has 0 saturated heterocycles. The van der Waals surface area contributed by atoms with E-state index in [1.54, 1.807) is 0 Å². The van der Waals surface area contributed by atoms with Gasteiger partial charge in [0.25, 0.3) is 0 Å². The molecule has 1 amide bonds. The average Bonchev–Trinajstić information content (AvgIpc) is 3.35. The molecule has 0 heterocycles. The number of allylic oxidation sites excluding steroid dienone is 6. The van der Waals surface area contributed by atoms with Crippen LogP contribution in [0.5, 0.6) is 0 Å². The lowest BCUT2D eigenvalue weighted by molar-refractivity contribution is -0.151. The summed E-state index contributed by atoms with van der Waals surface area (Å²) in [6, 6.07) is -0.708. The second kappa shape index (κ2) is 58.0. The van der Waals surface area contributed by atoms with E-state index in [9.17, 15) is 19.8 Å². The number of carbonyl (C=O) groups is 2. The van der Waals surface area contributed by atoms with Crippen molar-refractivity contribution in [2.45, 2.75) is 354 Å². The van der Waals surface area contributed by atoms with E-state index in [0.717, 1.165) is 77.0 Å². The van der Waals surface area contributed by atoms with Gasteiger partial charge < -0.3 is 20.3 Å². The van der Waals surface area contributed by atoms with Crippen LogP contribution in [0.15, 0.2) is 36.5 Å². The molecule has 3 atom stereocenters. The fourth-order valence-electron chi connectivity index (χ4n) is 9.73. The highest BCUT2D eigenvalue weighted by molar-refractivity contribution is 5.77. The number of esters is 1. The van der Waals surface area contributed by atoms with Gasteiger partial charge in [-0.05, 0) is 64.2 Å². The normalized spacial score (nSPS) is 13.3. The number of nitrogens with one attached hydrogen (secondary N) is 1. The summed E-state index contributed by atoms with van der Waals surface area (Å²) < 4.78 is 5.98. The molecule has 3 N–H and O–H groups in total. The second-order valence-electron chi connectivity index (χ2n) is 21.5. The van der Waals surface area contributed by atoms with Crippen molar-refractivity contribution in [2.75, 3.05) is 6.61 Å². The Hall–Kier alpha value is -1.92. The molecule has 0 saturated carbocycles. The van der Waals surface area contributed by atoms with Gasteiger partial charge in [0.05, 0.1) is 25.2 Å². The summed E-state index contributed by atoms with van der Waals surface area (Å²) in [4.78, 5) is 26.4. The molecule has 70 heavy (non-hydrogen) atoms. The van der Waals surface area contributed by atoms with Crippen LogP contribution >= 0.6 is 0 Å². The van der Waals surface area contributed by atoms with E-state index >= 15 is 0 Å². The number of ether oxygens (including phenoxy) is 1. The Labute approximate surface area is 436 Å². The van der Waals surface area contributed by atoms with Crippen molar-refractivity contribution < 1.29 is 24.5 Å². The predicted octanol–water partition coefficient (Wildman–Crippen LogP) is 19.6. The predicted molar refractivity (Wildman–Crippen MR) is 306 cm³/mol. The van der Waals surface area contributed by atoms with Crippen LogP contribution in [0.3, 0.4) is 0 Å². The monoisotopic (exact) mass is 984 g/mol. The first-order valence-corrected chi connectivity index (χ1v) is 31.2. The van der Waals surface area contributed by atoms with Crippen LogP contribution in [0, 0.1) is 0 Å². The SMILES string of the molecule is CCCCC/C=C\C/C=C\C/C=C\CCCCCCC(CC(=O)NC(CO)C(O)CCCCCCCCCCCCCCCCCC)OC(=O)CCCCCCCCCCCCCCCCCCCC. The van der Waals surface area contributed by atoms with Gasteiger partial charge in [-0.1, -0.05) is 295 Å². The maximum atomic E-state index is 13.3. The highest BCUT2D eigenvalue weighted by Crippen LogP contribution is 2.19. The molecule has 6 nitrogen and oxygen atoms in total. The van der Waals surface area contributed by atoms with E-state index in [1.807, 2.05) is 0 Å². The number of aliphatic hydroxyl groups excluding tert-OH is 2. The molecule has 0 spiro atoms. The van der Waals surface area contributed by atoms with E-state index in [-0.39, 0.29) is 24.9 Å². The summed E-state index contributed by atoms with van der Waals surface area (Å²) >= 11 is 0. The third kappa shape index (κ3) is 52.4. The molecule has 0 aromatic rings. The molecule has 0 aromatic carbocycles. The summed E-state index contributed by atoms with van der Waals surface area (Å²) in [6.07, 6.45) is 70.7. The van der Waals surface area contributed by atoms with Crippen molar-refractivity contribution in [3.8, 4) is 0 Å². The summed E-state index contributed by atoms with van der Waals surface area (Å²) in [7, 11) is 0. The number of hydrogen-bond acceptors (Lipinski definition) is 5. The van der Waals surface area contributed by atoms with Crippen LogP contribution in [0.2, 0.25) is 0 Å². The fourth-order valence-corrected chi connectivity index (χ4v) is 9.73. The number of rotatable bonds is 57. The second-order valence-corrected chi connectivity index (χ2v) is 21.5. The van der Waals surface area contributed by atoms with Crippen molar-refractivity contribution in [3.05, 3.63) is 36.5 Å². The van der Waals surface area contributed by atoms with E-state index < -0.39 is 18.2 Å². The van der Waals surface area contributed by atoms with Crippen molar-refractivity contribution in [1.82, 2.24) is 5.32 Å². The minimum Gasteiger partial charge on any atom is -0.462 e. The standard InChI is InChI=1S/C64H121NO5/c1-4-7-10-13-16-19-22-25-28-31-33-36-39-42-45-48-51-54-57-64(69)70-60(55-52-49-46-43-40-37-34-32-29-26-23-20-17-14-11-8-5-2)58-63(68)65-61(59-66)62(67)56-53-50-47-44-41-38-35-30-27-24-21-18-15-12-9-6-3/h17,20,26,29,34,37,60-62,66-67H,4-16,18-19,21-25,27-28,30-33,35-36,38-59H2,1-3H3,(H,65,68)/b20-17-,29-26-,37-34-. The van der Waals surface area contributed by atoms with Crippen molar-refractivity contribution in [2.24, 2.45) is 0 Å². The lowest BCUT2D eigenvalue weighted by Gasteiger charge is -2.24. The highest BCUT2D eigenvalue weighted by atomic mass is 16.5. The summed E-state index contributed by atoms with van der Waals surface area (Å²) in [5.41, 5.74) is 0. The van der Waals surface area contributed by atoms with Crippen LogP contribution in [0.1, 0.15) is 335 Å². The minimum atomic E-state index is -0.793. The molecule has 0 aliphatic carbocycles. The highest BCUT2D eigenvalue weighted by Gasteiger charge is 2.24. The lowest BCUT2D eigenvalue weighted by atomic mass is 10.0. The largest absolute Gasteiger partial charge is 0.462 e. The topological polar surface area (TPSA) is 95.9 Å². The first kappa shape index (κ1) is 68.1. The fraction of sp³-hybridized carbons (Fsp3) is 0.875. The van der Waals surface area contributed by atoms with Crippen LogP contribution in [-0.4, -0.2) is 46.9 Å². The first-order valence-electron chi connectivity index (χ1n) is 31.2. The van der Waals surface area contributed by atoms with Crippen LogP contribution in [-0.2, 0) is 14.3 Å². The number of hydrogen-bond donors (Lipinski definition) is 3. The minimum absolute atomic E-state index is 0.0675. The Kier molecular flexibility index (Phi) is 56.4. The molecule has 0 rings (SSSR count). The lowest BCUT2D eigenvalue weighted by Crippen LogP contribution is -2.46. The molecule has 412 valence electrons. The zero-order valence-electron chi connectivity index (χ0n) is 47.2. The van der Waals surface area contributed by atoms with E-state index in [1.165, 1.54) is 212 Å². The third-order valence-electron chi connectivity index (χ3n) is 14.5. The zero-order chi connectivity index (χ0) is 50.9. The van der Waals surface area contributed by atoms with E-state index in [0.29, 0.717) is 19.3 Å². The number of carbonyl (C=O) groups excluding carboxylic acids is 2.